The molecule has 0 aliphatic rings. The maximum Gasteiger partial charge on any atom is 0.152 e. The second kappa shape index (κ2) is 10.1. The Labute approximate surface area is 172 Å². The Bertz CT molecular complexity index is 931. The lowest BCUT2D eigenvalue weighted by Crippen LogP contribution is -2.19. The van der Waals surface area contributed by atoms with E-state index in [0.29, 0.717) is 5.75 Å². The molecule has 0 unspecified atom stereocenters. The van der Waals surface area contributed by atoms with Gasteiger partial charge in [-0.05, 0) is 62.3 Å². The molecule has 0 spiro atoms. The minimum absolute atomic E-state index is 0.311. The highest BCUT2D eigenvalue weighted by Crippen LogP contribution is 2.25. The van der Waals surface area contributed by atoms with Crippen LogP contribution in [0.25, 0.3) is 10.9 Å². The lowest BCUT2D eigenvalue weighted by Gasteiger charge is -2.16. The maximum atomic E-state index is 11.4. The van der Waals surface area contributed by atoms with Crippen LogP contribution in [0.4, 0.5) is 0 Å². The summed E-state index contributed by atoms with van der Waals surface area (Å²) in [7, 11) is 3.77. The van der Waals surface area contributed by atoms with Crippen LogP contribution >= 0.6 is 0 Å². The van der Waals surface area contributed by atoms with E-state index in [4.69, 9.17) is 4.74 Å². The van der Waals surface area contributed by atoms with Crippen LogP contribution in [0.5, 0.6) is 11.5 Å². The van der Waals surface area contributed by atoms with Gasteiger partial charge in [0.2, 0.25) is 0 Å². The molecule has 154 valence electrons. The minimum Gasteiger partial charge on any atom is -0.508 e. The molecule has 0 saturated carbocycles. The van der Waals surface area contributed by atoms with E-state index < -0.39 is 0 Å². The SMILES string of the molecule is COc1ccc2c(c1)c(C=O)cn2CCCCCCN(C)Cc1ccc(O)cc1. The van der Waals surface area contributed by atoms with Crippen LogP contribution in [0.1, 0.15) is 41.6 Å². The number of hydrogen-bond acceptors (Lipinski definition) is 4. The molecule has 0 amide bonds. The number of methoxy groups -OCH3 is 1. The average Bonchev–Trinajstić information content (AvgIpc) is 3.09. The van der Waals surface area contributed by atoms with E-state index in [1.54, 1.807) is 19.2 Å². The number of hydrogen-bond donors (Lipinski definition) is 1. The molecule has 1 N–H and O–H groups in total. The van der Waals surface area contributed by atoms with E-state index in [0.717, 1.165) is 61.0 Å². The Hall–Kier alpha value is -2.79. The van der Waals surface area contributed by atoms with Crippen LogP contribution in [0, 0.1) is 0 Å². The van der Waals surface area contributed by atoms with Crippen LogP contribution in [-0.2, 0) is 13.1 Å². The van der Waals surface area contributed by atoms with E-state index in [-0.39, 0.29) is 0 Å². The van der Waals surface area contributed by atoms with E-state index in [1.165, 1.54) is 18.4 Å². The number of fused-ring (bicyclic) bond motifs is 1. The van der Waals surface area contributed by atoms with E-state index >= 15 is 0 Å². The summed E-state index contributed by atoms with van der Waals surface area (Å²) in [4.78, 5) is 13.7. The van der Waals surface area contributed by atoms with Gasteiger partial charge < -0.3 is 19.3 Å². The van der Waals surface area contributed by atoms with Gasteiger partial charge in [-0.2, -0.15) is 0 Å². The summed E-state index contributed by atoms with van der Waals surface area (Å²) in [5.41, 5.74) is 3.02. The molecule has 0 saturated heterocycles. The zero-order valence-electron chi connectivity index (χ0n) is 17.3. The molecule has 3 aromatic rings. The highest BCUT2D eigenvalue weighted by molar-refractivity contribution is 5.98. The summed E-state index contributed by atoms with van der Waals surface area (Å²) >= 11 is 0. The molecule has 0 aliphatic heterocycles. The van der Waals surface area contributed by atoms with Crippen LogP contribution in [0.3, 0.4) is 0 Å². The van der Waals surface area contributed by atoms with Gasteiger partial charge in [-0.25, -0.2) is 0 Å². The van der Waals surface area contributed by atoms with Gasteiger partial charge in [0.15, 0.2) is 6.29 Å². The van der Waals surface area contributed by atoms with Crippen molar-refractivity contribution in [1.82, 2.24) is 9.47 Å². The Morgan fingerprint density at radius 2 is 1.83 bits per heavy atom. The van der Waals surface area contributed by atoms with Gasteiger partial charge in [0.05, 0.1) is 7.11 Å². The maximum absolute atomic E-state index is 11.4. The number of benzene rings is 2. The minimum atomic E-state index is 0.311. The number of carbonyl (C=O) groups is 1. The number of aromatic nitrogens is 1. The summed E-state index contributed by atoms with van der Waals surface area (Å²) in [6.07, 6.45) is 7.48. The first kappa shape index (κ1) is 20.9. The molecular formula is C24H30N2O3. The predicted molar refractivity (Wildman–Crippen MR) is 117 cm³/mol. The Kier molecular flexibility index (Phi) is 7.30. The third-order valence-electron chi connectivity index (χ3n) is 5.32. The van der Waals surface area contributed by atoms with E-state index in [9.17, 15) is 9.90 Å². The van der Waals surface area contributed by atoms with Crippen molar-refractivity contribution < 1.29 is 14.6 Å². The molecule has 0 fully saturated rings. The second-order valence-electron chi connectivity index (χ2n) is 7.60. The lowest BCUT2D eigenvalue weighted by molar-refractivity contribution is 0.112. The van der Waals surface area contributed by atoms with Crippen LogP contribution in [-0.4, -0.2) is 41.6 Å². The lowest BCUT2D eigenvalue weighted by atomic mass is 10.1. The van der Waals surface area contributed by atoms with Crippen molar-refractivity contribution in [1.29, 1.82) is 0 Å². The Balaban J connectivity index is 1.41. The summed E-state index contributed by atoms with van der Waals surface area (Å²) in [5, 5.41) is 10.3. The van der Waals surface area contributed by atoms with Gasteiger partial charge in [0, 0.05) is 35.8 Å². The molecule has 5 nitrogen and oxygen atoms in total. The van der Waals surface area contributed by atoms with Crippen molar-refractivity contribution in [2.75, 3.05) is 20.7 Å². The van der Waals surface area contributed by atoms with Crippen molar-refractivity contribution in [3.05, 3.63) is 59.8 Å². The highest BCUT2D eigenvalue weighted by atomic mass is 16.5. The molecule has 5 heteroatoms. The first-order valence-corrected chi connectivity index (χ1v) is 10.2. The fourth-order valence-electron chi connectivity index (χ4n) is 3.72. The molecule has 1 aromatic heterocycles. The van der Waals surface area contributed by atoms with Gasteiger partial charge >= 0.3 is 0 Å². The molecule has 0 bridgehead atoms. The number of ether oxygens (including phenoxy) is 1. The number of rotatable bonds is 11. The monoisotopic (exact) mass is 394 g/mol. The summed E-state index contributed by atoms with van der Waals surface area (Å²) in [6, 6.07) is 13.3. The normalized spacial score (nSPS) is 11.3. The number of aryl methyl sites for hydroxylation is 1. The van der Waals surface area contributed by atoms with Crippen LogP contribution in [0.2, 0.25) is 0 Å². The fraction of sp³-hybridized carbons (Fsp3) is 0.375. The van der Waals surface area contributed by atoms with Crippen LogP contribution < -0.4 is 4.74 Å². The third-order valence-corrected chi connectivity index (χ3v) is 5.32. The third kappa shape index (κ3) is 5.61. The topological polar surface area (TPSA) is 54.7 Å². The summed E-state index contributed by atoms with van der Waals surface area (Å²) in [5.74, 6) is 1.08. The number of phenols is 1. The Morgan fingerprint density at radius 3 is 2.55 bits per heavy atom. The standard InChI is InChI=1S/C24H30N2O3/c1-25(16-19-7-9-21(28)10-8-19)13-5-3-4-6-14-26-17-20(18-27)23-15-22(29-2)11-12-24(23)26/h7-12,15,17-18,28H,3-6,13-14,16H2,1-2H3. The molecular weight excluding hydrogens is 364 g/mol. The zero-order valence-corrected chi connectivity index (χ0v) is 17.3. The predicted octanol–water partition coefficient (Wildman–Crippen LogP) is 4.86. The highest BCUT2D eigenvalue weighted by Gasteiger charge is 2.09. The molecule has 0 atom stereocenters. The van der Waals surface area contributed by atoms with Crippen molar-refractivity contribution in [2.24, 2.45) is 0 Å². The zero-order chi connectivity index (χ0) is 20.6. The molecule has 29 heavy (non-hydrogen) atoms. The second-order valence-corrected chi connectivity index (χ2v) is 7.60. The average molecular weight is 395 g/mol. The van der Waals surface area contributed by atoms with Gasteiger partial charge in [-0.3, -0.25) is 4.79 Å². The van der Waals surface area contributed by atoms with Gasteiger partial charge in [-0.15, -0.1) is 0 Å². The van der Waals surface area contributed by atoms with E-state index in [2.05, 4.69) is 16.5 Å². The quantitative estimate of drug-likeness (QED) is 0.373. The molecule has 0 radical (unpaired) electrons. The molecule has 1 heterocycles. The molecule has 2 aromatic carbocycles. The summed E-state index contributed by atoms with van der Waals surface area (Å²) in [6.45, 7) is 2.87. The molecule has 3 rings (SSSR count). The van der Waals surface area contributed by atoms with Crippen molar-refractivity contribution >= 4 is 17.2 Å². The first-order valence-electron chi connectivity index (χ1n) is 10.2. The Morgan fingerprint density at radius 1 is 1.07 bits per heavy atom. The largest absolute Gasteiger partial charge is 0.508 e. The summed E-state index contributed by atoms with van der Waals surface area (Å²) < 4.78 is 7.45. The van der Waals surface area contributed by atoms with Gasteiger partial charge in [-0.1, -0.05) is 25.0 Å². The first-order chi connectivity index (χ1) is 14.1. The smallest absolute Gasteiger partial charge is 0.152 e. The number of nitrogens with zero attached hydrogens (tertiary/aromatic N) is 2. The van der Waals surface area contributed by atoms with Crippen molar-refractivity contribution in [2.45, 2.75) is 38.8 Å². The number of unbranched alkanes of at least 4 members (excludes halogenated alkanes) is 3. The van der Waals surface area contributed by atoms with Crippen molar-refractivity contribution in [3.8, 4) is 11.5 Å². The number of carbonyl (C=O) groups excluding carboxylic acids is 1. The number of aldehydes is 1. The van der Waals surface area contributed by atoms with Gasteiger partial charge in [0.25, 0.3) is 0 Å². The fourth-order valence-corrected chi connectivity index (χ4v) is 3.72. The van der Waals surface area contributed by atoms with E-state index in [1.807, 2.05) is 36.5 Å². The number of aromatic hydroxyl groups is 1. The van der Waals surface area contributed by atoms with Crippen molar-refractivity contribution in [3.63, 3.8) is 0 Å². The van der Waals surface area contributed by atoms with Gasteiger partial charge in [0.1, 0.15) is 11.5 Å². The molecule has 0 aliphatic carbocycles. The number of phenolic OH excluding ortho intramolecular Hbond substituents is 1. The van der Waals surface area contributed by atoms with Crippen LogP contribution in [0.15, 0.2) is 48.7 Å².